The van der Waals surface area contributed by atoms with E-state index in [1.54, 1.807) is 0 Å². The van der Waals surface area contributed by atoms with E-state index in [0.717, 1.165) is 41.0 Å². The van der Waals surface area contributed by atoms with Crippen molar-refractivity contribution in [1.82, 2.24) is 0 Å². The number of ether oxygens (including phenoxy) is 3. The van der Waals surface area contributed by atoms with Crippen molar-refractivity contribution in [3.8, 4) is 11.5 Å². The van der Waals surface area contributed by atoms with Crippen LogP contribution in [-0.2, 0) is 23.2 Å². The van der Waals surface area contributed by atoms with Crippen LogP contribution in [-0.4, -0.2) is 31.5 Å². The molecular formula is C27H30O4. The predicted octanol–water partition coefficient (Wildman–Crippen LogP) is 4.93. The Kier molecular flexibility index (Phi) is 7.23. The van der Waals surface area contributed by atoms with Crippen LogP contribution in [0.4, 0.5) is 0 Å². The number of rotatable bonds is 1. The molecule has 0 bridgehead atoms. The first-order chi connectivity index (χ1) is 15.2. The van der Waals surface area contributed by atoms with Crippen LogP contribution in [0, 0.1) is 0 Å². The van der Waals surface area contributed by atoms with Gasteiger partial charge in [-0.3, -0.25) is 0 Å². The van der Waals surface area contributed by atoms with E-state index in [2.05, 4.69) is 12.1 Å². The van der Waals surface area contributed by atoms with Crippen molar-refractivity contribution < 1.29 is 19.3 Å². The topological polar surface area (TPSA) is 47.9 Å². The zero-order chi connectivity index (χ0) is 21.4. The summed E-state index contributed by atoms with van der Waals surface area (Å²) < 4.78 is 17.6. The number of hydrogen-bond acceptors (Lipinski definition) is 4. The number of aryl methyl sites for hydroxylation is 2. The van der Waals surface area contributed by atoms with Gasteiger partial charge in [0, 0.05) is 0 Å². The van der Waals surface area contributed by atoms with Crippen LogP contribution in [0.15, 0.2) is 78.9 Å². The Morgan fingerprint density at radius 3 is 1.61 bits per heavy atom. The highest BCUT2D eigenvalue weighted by Crippen LogP contribution is 2.34. The summed E-state index contributed by atoms with van der Waals surface area (Å²) in [7, 11) is 0. The SMILES string of the molecule is OC1(c2ccccc2)CCc2ccccc2OCCOCCOc2ccccc2CC1. The van der Waals surface area contributed by atoms with Crippen LogP contribution in [0.1, 0.15) is 29.5 Å². The molecule has 0 saturated heterocycles. The van der Waals surface area contributed by atoms with Gasteiger partial charge >= 0.3 is 0 Å². The van der Waals surface area contributed by atoms with Gasteiger partial charge in [-0.25, -0.2) is 0 Å². The van der Waals surface area contributed by atoms with Gasteiger partial charge in [-0.2, -0.15) is 0 Å². The van der Waals surface area contributed by atoms with Crippen molar-refractivity contribution in [1.29, 1.82) is 0 Å². The number of para-hydroxylation sites is 2. The molecule has 4 nitrogen and oxygen atoms in total. The molecule has 3 aromatic rings. The van der Waals surface area contributed by atoms with Gasteiger partial charge in [0.2, 0.25) is 0 Å². The standard InChI is InChI=1S/C27H30O4/c28-27(24-10-2-1-3-11-24)16-14-22-8-4-6-12-25(22)30-20-18-29-19-21-31-26-13-7-5-9-23(26)15-17-27/h1-13,28H,14-21H2. The summed E-state index contributed by atoms with van der Waals surface area (Å²) in [6, 6.07) is 26.1. The highest BCUT2D eigenvalue weighted by molar-refractivity contribution is 5.36. The largest absolute Gasteiger partial charge is 0.491 e. The molecule has 0 saturated carbocycles. The van der Waals surface area contributed by atoms with Crippen molar-refractivity contribution >= 4 is 0 Å². The van der Waals surface area contributed by atoms with E-state index in [1.165, 1.54) is 0 Å². The van der Waals surface area contributed by atoms with E-state index in [4.69, 9.17) is 14.2 Å². The average Bonchev–Trinajstić information content (AvgIpc) is 2.82. The fourth-order valence-corrected chi connectivity index (χ4v) is 4.07. The lowest BCUT2D eigenvalue weighted by Crippen LogP contribution is -2.27. The van der Waals surface area contributed by atoms with E-state index in [1.807, 2.05) is 66.7 Å². The lowest BCUT2D eigenvalue weighted by atomic mass is 9.82. The van der Waals surface area contributed by atoms with Crippen LogP contribution in [0.2, 0.25) is 0 Å². The predicted molar refractivity (Wildman–Crippen MR) is 122 cm³/mol. The van der Waals surface area contributed by atoms with Crippen molar-refractivity contribution in [3.05, 3.63) is 95.6 Å². The normalized spacial score (nSPS) is 17.5. The molecular weight excluding hydrogens is 388 g/mol. The average molecular weight is 419 g/mol. The third-order valence-electron chi connectivity index (χ3n) is 5.84. The maximum atomic E-state index is 11.8. The summed E-state index contributed by atoms with van der Waals surface area (Å²) in [5.74, 6) is 1.71. The second-order valence-corrected chi connectivity index (χ2v) is 7.92. The van der Waals surface area contributed by atoms with Crippen molar-refractivity contribution in [3.63, 3.8) is 0 Å². The summed E-state index contributed by atoms with van der Waals surface area (Å²) in [4.78, 5) is 0. The molecule has 0 aromatic heterocycles. The molecule has 0 amide bonds. The molecule has 162 valence electrons. The molecule has 1 N–H and O–H groups in total. The van der Waals surface area contributed by atoms with Crippen molar-refractivity contribution in [2.45, 2.75) is 31.3 Å². The van der Waals surface area contributed by atoms with E-state index < -0.39 is 5.60 Å². The molecule has 0 atom stereocenters. The summed E-state index contributed by atoms with van der Waals surface area (Å²) >= 11 is 0. The van der Waals surface area contributed by atoms with Gasteiger partial charge in [-0.1, -0.05) is 66.7 Å². The zero-order valence-electron chi connectivity index (χ0n) is 17.8. The molecule has 1 aliphatic rings. The van der Waals surface area contributed by atoms with Crippen LogP contribution >= 0.6 is 0 Å². The van der Waals surface area contributed by atoms with E-state index in [-0.39, 0.29) is 0 Å². The minimum atomic E-state index is -0.943. The molecule has 0 aliphatic carbocycles. The van der Waals surface area contributed by atoms with E-state index >= 15 is 0 Å². The fraction of sp³-hybridized carbons (Fsp3) is 0.333. The maximum Gasteiger partial charge on any atom is 0.122 e. The number of benzene rings is 3. The van der Waals surface area contributed by atoms with Gasteiger partial charge in [-0.05, 0) is 54.5 Å². The van der Waals surface area contributed by atoms with E-state index in [0.29, 0.717) is 39.3 Å². The quantitative estimate of drug-likeness (QED) is 0.609. The number of aliphatic hydroxyl groups is 1. The molecule has 31 heavy (non-hydrogen) atoms. The molecule has 4 heteroatoms. The molecule has 1 heterocycles. The monoisotopic (exact) mass is 418 g/mol. The third kappa shape index (κ3) is 5.66. The van der Waals surface area contributed by atoms with Crippen LogP contribution in [0.25, 0.3) is 0 Å². The van der Waals surface area contributed by atoms with Gasteiger partial charge in [-0.15, -0.1) is 0 Å². The molecule has 0 unspecified atom stereocenters. The smallest absolute Gasteiger partial charge is 0.122 e. The molecule has 4 rings (SSSR count). The van der Waals surface area contributed by atoms with Gasteiger partial charge in [0.25, 0.3) is 0 Å². The first-order valence-electron chi connectivity index (χ1n) is 11.0. The van der Waals surface area contributed by atoms with Crippen LogP contribution < -0.4 is 9.47 Å². The Balaban J connectivity index is 1.62. The summed E-state index contributed by atoms with van der Waals surface area (Å²) in [6.45, 7) is 1.98. The second-order valence-electron chi connectivity index (χ2n) is 7.92. The Labute approximate surface area is 184 Å². The van der Waals surface area contributed by atoms with Gasteiger partial charge < -0.3 is 19.3 Å². The zero-order valence-corrected chi connectivity index (χ0v) is 17.8. The molecule has 0 radical (unpaired) electrons. The Hall–Kier alpha value is -2.82. The molecule has 3 aromatic carbocycles. The molecule has 0 spiro atoms. The summed E-state index contributed by atoms with van der Waals surface area (Å²) in [5, 5.41) is 11.8. The van der Waals surface area contributed by atoms with Crippen LogP contribution in [0.5, 0.6) is 11.5 Å². The Bertz CT molecular complexity index is 899. The second kappa shape index (κ2) is 10.5. The van der Waals surface area contributed by atoms with Crippen molar-refractivity contribution in [2.75, 3.05) is 26.4 Å². The van der Waals surface area contributed by atoms with Crippen LogP contribution in [0.3, 0.4) is 0 Å². The third-order valence-corrected chi connectivity index (χ3v) is 5.84. The maximum absolute atomic E-state index is 11.8. The van der Waals surface area contributed by atoms with Gasteiger partial charge in [0.05, 0.1) is 18.8 Å². The Morgan fingerprint density at radius 1 is 0.581 bits per heavy atom. The lowest BCUT2D eigenvalue weighted by molar-refractivity contribution is 0.0183. The summed E-state index contributed by atoms with van der Waals surface area (Å²) in [6.07, 6.45) is 2.66. The number of fused-ring (bicyclic) bond motifs is 2. The van der Waals surface area contributed by atoms with E-state index in [9.17, 15) is 5.11 Å². The van der Waals surface area contributed by atoms with Gasteiger partial charge in [0.15, 0.2) is 0 Å². The van der Waals surface area contributed by atoms with Gasteiger partial charge in [0.1, 0.15) is 24.7 Å². The molecule has 1 aliphatic heterocycles. The highest BCUT2D eigenvalue weighted by Gasteiger charge is 2.29. The number of hydrogen-bond donors (Lipinski definition) is 1. The van der Waals surface area contributed by atoms with Crippen molar-refractivity contribution in [2.24, 2.45) is 0 Å². The summed E-state index contributed by atoms with van der Waals surface area (Å²) in [5.41, 5.74) is 2.21. The first kappa shape index (κ1) is 21.4. The fourth-order valence-electron chi connectivity index (χ4n) is 4.07. The minimum Gasteiger partial charge on any atom is -0.491 e. The minimum absolute atomic E-state index is 0.483. The molecule has 0 fully saturated rings. The first-order valence-corrected chi connectivity index (χ1v) is 11.0. The Morgan fingerprint density at radius 2 is 1.06 bits per heavy atom. The lowest BCUT2D eigenvalue weighted by Gasteiger charge is -2.30. The highest BCUT2D eigenvalue weighted by atomic mass is 16.5.